The molecule has 22 heavy (non-hydrogen) atoms. The van der Waals surface area contributed by atoms with Crippen LogP contribution in [0.5, 0.6) is 0 Å². The Bertz CT molecular complexity index is 763. The van der Waals surface area contributed by atoms with Crippen LogP contribution in [0.3, 0.4) is 0 Å². The molecule has 1 amide bonds. The molecule has 2 aromatic rings. The van der Waals surface area contributed by atoms with Crippen molar-refractivity contribution in [2.45, 2.75) is 25.7 Å². The molecule has 0 saturated heterocycles. The number of pyridine rings is 1. The third-order valence-electron chi connectivity index (χ3n) is 4.11. The highest BCUT2D eigenvalue weighted by atomic mass is 16.2. The predicted molar refractivity (Wildman–Crippen MR) is 84.3 cm³/mol. The third-order valence-corrected chi connectivity index (χ3v) is 4.11. The van der Waals surface area contributed by atoms with Crippen LogP contribution in [0.4, 0.5) is 0 Å². The highest BCUT2D eigenvalue weighted by Gasteiger charge is 2.25. The summed E-state index contributed by atoms with van der Waals surface area (Å²) in [6, 6.07) is 7.73. The van der Waals surface area contributed by atoms with E-state index in [0.29, 0.717) is 17.0 Å². The number of fused-ring (bicyclic) bond motifs is 1. The first-order valence-electron chi connectivity index (χ1n) is 7.53. The van der Waals surface area contributed by atoms with Crippen LogP contribution >= 0.6 is 0 Å². The van der Waals surface area contributed by atoms with E-state index >= 15 is 0 Å². The minimum absolute atomic E-state index is 0.187. The topological polar surface area (TPSA) is 70.1 Å². The van der Waals surface area contributed by atoms with Crippen molar-refractivity contribution in [1.82, 2.24) is 15.4 Å². The first kappa shape index (κ1) is 13.0. The molecule has 5 nitrogen and oxygen atoms in total. The first-order valence-corrected chi connectivity index (χ1v) is 7.53. The van der Waals surface area contributed by atoms with Gasteiger partial charge in [0.1, 0.15) is 5.71 Å². The fourth-order valence-corrected chi connectivity index (χ4v) is 3.03. The van der Waals surface area contributed by atoms with Crippen LogP contribution in [-0.4, -0.2) is 21.6 Å². The van der Waals surface area contributed by atoms with Gasteiger partial charge in [0.25, 0.3) is 5.91 Å². The highest BCUT2D eigenvalue weighted by molar-refractivity contribution is 6.32. The minimum Gasteiger partial charge on any atom is -0.359 e. The molecule has 0 bridgehead atoms. The van der Waals surface area contributed by atoms with E-state index in [1.165, 1.54) is 24.1 Å². The second-order valence-electron chi connectivity index (χ2n) is 5.61. The van der Waals surface area contributed by atoms with Crippen LogP contribution < -0.4 is 5.43 Å². The van der Waals surface area contributed by atoms with E-state index < -0.39 is 0 Å². The zero-order chi connectivity index (χ0) is 14.9. The number of H-pyrrole nitrogens is 1. The maximum absolute atomic E-state index is 12.1. The molecule has 0 radical (unpaired) electrons. The number of carbonyl (C=O) groups excluding carboxylic acids is 1. The highest BCUT2D eigenvalue weighted by Crippen LogP contribution is 2.24. The van der Waals surface area contributed by atoms with Gasteiger partial charge in [-0.2, -0.15) is 5.10 Å². The largest absolute Gasteiger partial charge is 0.359 e. The van der Waals surface area contributed by atoms with Gasteiger partial charge in [0.05, 0.1) is 11.3 Å². The number of amides is 1. The van der Waals surface area contributed by atoms with Crippen LogP contribution in [-0.2, 0) is 17.6 Å². The van der Waals surface area contributed by atoms with E-state index in [0.717, 1.165) is 18.5 Å². The van der Waals surface area contributed by atoms with Crippen molar-refractivity contribution in [2.24, 2.45) is 5.10 Å². The second-order valence-corrected chi connectivity index (χ2v) is 5.61. The predicted octanol–water partition coefficient (Wildman–Crippen LogP) is 2.21. The Morgan fingerprint density at radius 2 is 2.09 bits per heavy atom. The fraction of sp³-hybridized carbons (Fsp3) is 0.235. The molecule has 2 aliphatic rings. The lowest BCUT2D eigenvalue weighted by Crippen LogP contribution is -2.14. The van der Waals surface area contributed by atoms with Crippen molar-refractivity contribution in [3.63, 3.8) is 0 Å². The smallest absolute Gasteiger partial charge is 0.273 e. The number of aromatic amines is 1. The van der Waals surface area contributed by atoms with Crippen LogP contribution in [0.25, 0.3) is 6.08 Å². The van der Waals surface area contributed by atoms with Gasteiger partial charge in [-0.05, 0) is 55.5 Å². The average molecular weight is 292 g/mol. The summed E-state index contributed by atoms with van der Waals surface area (Å²) < 4.78 is 0. The molecular weight excluding hydrogens is 276 g/mol. The molecular formula is C17H16N4O. The molecule has 5 heteroatoms. The lowest BCUT2D eigenvalue weighted by molar-refractivity contribution is -0.116. The molecule has 1 aliphatic carbocycles. The van der Waals surface area contributed by atoms with Crippen molar-refractivity contribution in [1.29, 1.82) is 0 Å². The first-order chi connectivity index (χ1) is 10.8. The summed E-state index contributed by atoms with van der Waals surface area (Å²) in [7, 11) is 0. The fourth-order valence-electron chi connectivity index (χ4n) is 3.03. The third kappa shape index (κ3) is 2.24. The SMILES string of the molecule is O=C1NN=C(c2ccccn2)/C1=C\c1cc2c([nH]1)CCCC2. The van der Waals surface area contributed by atoms with Gasteiger partial charge in [-0.3, -0.25) is 9.78 Å². The average Bonchev–Trinajstić information content (AvgIpc) is 3.12. The van der Waals surface area contributed by atoms with E-state index in [-0.39, 0.29) is 5.91 Å². The Labute approximate surface area is 128 Å². The molecule has 4 rings (SSSR count). The molecule has 0 saturated carbocycles. The van der Waals surface area contributed by atoms with Crippen molar-refractivity contribution in [3.05, 3.63) is 58.7 Å². The number of hydrogen-bond donors (Lipinski definition) is 2. The van der Waals surface area contributed by atoms with Crippen molar-refractivity contribution >= 4 is 17.7 Å². The number of hydrazone groups is 1. The van der Waals surface area contributed by atoms with Gasteiger partial charge in [0, 0.05) is 17.6 Å². The Balaban J connectivity index is 1.72. The molecule has 110 valence electrons. The number of nitrogens with zero attached hydrogens (tertiary/aromatic N) is 2. The van der Waals surface area contributed by atoms with Gasteiger partial charge in [0.15, 0.2) is 0 Å². The minimum atomic E-state index is -0.187. The number of nitrogens with one attached hydrogen (secondary N) is 2. The van der Waals surface area contributed by atoms with Crippen LogP contribution in [0.1, 0.15) is 35.5 Å². The maximum atomic E-state index is 12.1. The van der Waals surface area contributed by atoms with Gasteiger partial charge in [0.2, 0.25) is 0 Å². The molecule has 0 fully saturated rings. The monoisotopic (exact) mass is 292 g/mol. The summed E-state index contributed by atoms with van der Waals surface area (Å²) in [5.41, 5.74) is 8.00. The molecule has 0 atom stereocenters. The number of hydrogen-bond acceptors (Lipinski definition) is 3. The van der Waals surface area contributed by atoms with Gasteiger partial charge < -0.3 is 4.98 Å². The second kappa shape index (κ2) is 5.26. The van der Waals surface area contributed by atoms with E-state index in [4.69, 9.17) is 0 Å². The lowest BCUT2D eigenvalue weighted by atomic mass is 9.98. The van der Waals surface area contributed by atoms with E-state index in [9.17, 15) is 4.79 Å². The lowest BCUT2D eigenvalue weighted by Gasteiger charge is -2.08. The Kier molecular flexibility index (Phi) is 3.11. The molecule has 1 aliphatic heterocycles. The van der Waals surface area contributed by atoms with E-state index in [1.807, 2.05) is 24.3 Å². The molecule has 0 unspecified atom stereocenters. The summed E-state index contributed by atoms with van der Waals surface area (Å²) in [4.78, 5) is 19.8. The van der Waals surface area contributed by atoms with Crippen LogP contribution in [0.2, 0.25) is 0 Å². The normalized spacial score (nSPS) is 19.0. The molecule has 0 spiro atoms. The zero-order valence-electron chi connectivity index (χ0n) is 12.1. The molecule has 2 N–H and O–H groups in total. The molecule has 3 heterocycles. The van der Waals surface area contributed by atoms with E-state index in [1.54, 1.807) is 6.20 Å². The van der Waals surface area contributed by atoms with Crippen LogP contribution in [0.15, 0.2) is 41.1 Å². The Morgan fingerprint density at radius 1 is 1.18 bits per heavy atom. The van der Waals surface area contributed by atoms with Gasteiger partial charge in [-0.1, -0.05) is 6.07 Å². The molecule has 0 aromatic carbocycles. The summed E-state index contributed by atoms with van der Waals surface area (Å²) in [6.45, 7) is 0. The summed E-state index contributed by atoms with van der Waals surface area (Å²) in [6.07, 6.45) is 8.24. The van der Waals surface area contributed by atoms with Crippen molar-refractivity contribution in [2.75, 3.05) is 0 Å². The standard InChI is InChI=1S/C17H16N4O/c22-17-13(16(20-21-17)15-7-3-4-8-18-15)10-12-9-11-5-1-2-6-14(11)19-12/h3-4,7-10,19H,1-2,5-6H2,(H,21,22)/b13-10+. The summed E-state index contributed by atoms with van der Waals surface area (Å²) in [5, 5.41) is 4.12. The zero-order valence-corrected chi connectivity index (χ0v) is 12.1. The van der Waals surface area contributed by atoms with Gasteiger partial charge >= 0.3 is 0 Å². The van der Waals surface area contributed by atoms with Gasteiger partial charge in [-0.25, -0.2) is 5.43 Å². The van der Waals surface area contributed by atoms with Gasteiger partial charge in [-0.15, -0.1) is 0 Å². The van der Waals surface area contributed by atoms with Crippen molar-refractivity contribution < 1.29 is 4.79 Å². The van der Waals surface area contributed by atoms with Crippen molar-refractivity contribution in [3.8, 4) is 0 Å². The number of rotatable bonds is 2. The Morgan fingerprint density at radius 3 is 2.91 bits per heavy atom. The summed E-state index contributed by atoms with van der Waals surface area (Å²) >= 11 is 0. The number of carbonyl (C=O) groups is 1. The molecule has 2 aromatic heterocycles. The number of aromatic nitrogens is 2. The maximum Gasteiger partial charge on any atom is 0.273 e. The van der Waals surface area contributed by atoms with Crippen LogP contribution in [0, 0.1) is 0 Å². The summed E-state index contributed by atoms with van der Waals surface area (Å²) in [5.74, 6) is -0.187. The van der Waals surface area contributed by atoms with E-state index in [2.05, 4.69) is 26.6 Å². The quantitative estimate of drug-likeness (QED) is 0.833. The Hall–Kier alpha value is -2.69. The number of aryl methyl sites for hydroxylation is 2.